The van der Waals surface area contributed by atoms with Crippen LogP contribution in [0, 0.1) is 6.92 Å². The van der Waals surface area contributed by atoms with Crippen LogP contribution < -0.4 is 16.7 Å². The number of aryl methyl sites for hydroxylation is 1. The smallest absolute Gasteiger partial charge is 0.202 e. The van der Waals surface area contributed by atoms with Crippen LogP contribution in [0.25, 0.3) is 0 Å². The fourth-order valence-electron chi connectivity index (χ4n) is 0.837. The second kappa shape index (κ2) is 3.16. The number of nitrogens with two attached hydrogens (primary N) is 1. The Balaban J connectivity index is 3.37. The number of hydrazine groups is 1. The molecule has 3 N–H and O–H groups in total. The Morgan fingerprint density at radius 3 is 2.82 bits per heavy atom. The zero-order valence-electron chi connectivity index (χ0n) is 6.29. The fourth-order valence-corrected chi connectivity index (χ4v) is 0.837. The van der Waals surface area contributed by atoms with Crippen molar-refractivity contribution in [1.82, 2.24) is 0 Å². The summed E-state index contributed by atoms with van der Waals surface area (Å²) in [6.45, 7) is 1.90. The number of rotatable bonds is 1. The zero-order chi connectivity index (χ0) is 8.27. The molecule has 1 rings (SSSR count). The van der Waals surface area contributed by atoms with Gasteiger partial charge in [0.25, 0.3) is 0 Å². The summed E-state index contributed by atoms with van der Waals surface area (Å²) >= 11 is 0. The average Bonchev–Trinajstić information content (AvgIpc) is 2.13. The van der Waals surface area contributed by atoms with E-state index in [1.165, 1.54) is 6.07 Å². The summed E-state index contributed by atoms with van der Waals surface area (Å²) in [6, 6.07) is 6.74. The Morgan fingerprint density at radius 2 is 2.18 bits per heavy atom. The molecule has 0 aliphatic rings. The predicted molar refractivity (Wildman–Crippen MR) is 45.3 cm³/mol. The lowest BCUT2D eigenvalue weighted by Crippen LogP contribution is -2.14. The van der Waals surface area contributed by atoms with Gasteiger partial charge >= 0.3 is 0 Å². The summed E-state index contributed by atoms with van der Waals surface area (Å²) in [5.41, 5.74) is 3.67. The van der Waals surface area contributed by atoms with Crippen LogP contribution in [0.15, 0.2) is 29.1 Å². The lowest BCUT2D eigenvalue weighted by Gasteiger charge is -1.92. The van der Waals surface area contributed by atoms with Crippen LogP contribution in [0.4, 0.5) is 5.69 Å². The Morgan fingerprint density at radius 1 is 1.45 bits per heavy atom. The number of nitrogen functional groups attached to an aromatic ring is 1. The minimum absolute atomic E-state index is 0.0967. The van der Waals surface area contributed by atoms with E-state index in [0.29, 0.717) is 5.69 Å². The zero-order valence-corrected chi connectivity index (χ0v) is 6.29. The van der Waals surface area contributed by atoms with Crippen molar-refractivity contribution in [1.29, 1.82) is 0 Å². The summed E-state index contributed by atoms with van der Waals surface area (Å²) in [7, 11) is 0. The largest absolute Gasteiger partial charge is 0.321 e. The molecule has 0 saturated carbocycles. The molecule has 3 heteroatoms. The van der Waals surface area contributed by atoms with Crippen LogP contribution in [0.3, 0.4) is 0 Å². The van der Waals surface area contributed by atoms with Gasteiger partial charge in [0.05, 0.1) is 5.69 Å². The molecule has 0 heterocycles. The standard InChI is InChI=1S/C8H10N2O/c1-6-3-2-4-8(11)7(5-6)10-9/h2-5H,9H2,1H3,(H,10,11). The third-order valence-corrected chi connectivity index (χ3v) is 1.40. The Kier molecular flexibility index (Phi) is 2.23. The molecule has 0 spiro atoms. The van der Waals surface area contributed by atoms with Gasteiger partial charge in [-0.2, -0.15) is 0 Å². The first-order valence-electron chi connectivity index (χ1n) is 3.31. The summed E-state index contributed by atoms with van der Waals surface area (Å²) in [5, 5.41) is 0. The van der Waals surface area contributed by atoms with E-state index in [4.69, 9.17) is 5.84 Å². The van der Waals surface area contributed by atoms with Gasteiger partial charge in [0.2, 0.25) is 5.43 Å². The first-order chi connectivity index (χ1) is 5.24. The predicted octanol–water partition coefficient (Wildman–Crippen LogP) is 0.641. The van der Waals surface area contributed by atoms with E-state index in [-0.39, 0.29) is 5.43 Å². The average molecular weight is 150 g/mol. The molecule has 1 aromatic carbocycles. The lowest BCUT2D eigenvalue weighted by atomic mass is 10.3. The van der Waals surface area contributed by atoms with Crippen molar-refractivity contribution < 1.29 is 0 Å². The van der Waals surface area contributed by atoms with E-state index in [2.05, 4.69) is 5.43 Å². The van der Waals surface area contributed by atoms with Crippen molar-refractivity contribution in [2.24, 2.45) is 5.84 Å². The first kappa shape index (κ1) is 7.75. The molecule has 58 valence electrons. The summed E-state index contributed by atoms with van der Waals surface area (Å²) in [4.78, 5) is 11.1. The topological polar surface area (TPSA) is 55.1 Å². The molecule has 0 saturated heterocycles. The van der Waals surface area contributed by atoms with Gasteiger partial charge in [-0.1, -0.05) is 12.1 Å². The highest BCUT2D eigenvalue weighted by Gasteiger charge is 1.92. The molecule has 11 heavy (non-hydrogen) atoms. The molecular weight excluding hydrogens is 140 g/mol. The van der Waals surface area contributed by atoms with Gasteiger partial charge in [0.1, 0.15) is 0 Å². The SMILES string of the molecule is Cc1cccc(=O)c(NN)c1. The van der Waals surface area contributed by atoms with Crippen molar-refractivity contribution in [3.63, 3.8) is 0 Å². The fraction of sp³-hybridized carbons (Fsp3) is 0.125. The molecule has 0 aliphatic carbocycles. The molecule has 1 aromatic rings. The van der Waals surface area contributed by atoms with E-state index in [1.807, 2.05) is 13.0 Å². The second-order valence-corrected chi connectivity index (χ2v) is 2.34. The Bertz CT molecular complexity index is 309. The lowest BCUT2D eigenvalue weighted by molar-refractivity contribution is 1.33. The maximum Gasteiger partial charge on any atom is 0.202 e. The third-order valence-electron chi connectivity index (χ3n) is 1.40. The molecule has 0 unspecified atom stereocenters. The monoisotopic (exact) mass is 150 g/mol. The first-order valence-corrected chi connectivity index (χ1v) is 3.31. The maximum absolute atomic E-state index is 11.1. The Hall–Kier alpha value is -1.35. The molecule has 0 fully saturated rings. The minimum atomic E-state index is -0.0967. The summed E-state index contributed by atoms with van der Waals surface area (Å²) < 4.78 is 0. The molecule has 0 aromatic heterocycles. The van der Waals surface area contributed by atoms with Gasteiger partial charge in [0, 0.05) is 0 Å². The van der Waals surface area contributed by atoms with Gasteiger partial charge in [-0.15, -0.1) is 0 Å². The summed E-state index contributed by atoms with van der Waals surface area (Å²) in [5.74, 6) is 5.13. The van der Waals surface area contributed by atoms with Crippen molar-refractivity contribution in [3.05, 3.63) is 40.1 Å². The number of anilines is 1. The van der Waals surface area contributed by atoms with Crippen LogP contribution in [-0.2, 0) is 0 Å². The van der Waals surface area contributed by atoms with Crippen LogP contribution in [0.1, 0.15) is 5.56 Å². The van der Waals surface area contributed by atoms with Crippen LogP contribution in [-0.4, -0.2) is 0 Å². The van der Waals surface area contributed by atoms with Crippen molar-refractivity contribution in [2.45, 2.75) is 6.92 Å². The number of nitrogens with one attached hydrogen (secondary N) is 1. The second-order valence-electron chi connectivity index (χ2n) is 2.34. The molecular formula is C8H10N2O. The molecule has 0 aliphatic heterocycles. The Labute approximate surface area is 64.8 Å². The van der Waals surface area contributed by atoms with Gasteiger partial charge < -0.3 is 5.43 Å². The van der Waals surface area contributed by atoms with E-state index < -0.39 is 0 Å². The van der Waals surface area contributed by atoms with Crippen LogP contribution >= 0.6 is 0 Å². The van der Waals surface area contributed by atoms with Crippen molar-refractivity contribution in [2.75, 3.05) is 5.43 Å². The third kappa shape index (κ3) is 1.78. The highest BCUT2D eigenvalue weighted by Crippen LogP contribution is 1.99. The van der Waals surface area contributed by atoms with Gasteiger partial charge in [-0.25, -0.2) is 0 Å². The van der Waals surface area contributed by atoms with Gasteiger partial charge in [-0.3, -0.25) is 10.6 Å². The van der Waals surface area contributed by atoms with E-state index in [0.717, 1.165) is 5.56 Å². The quantitative estimate of drug-likeness (QED) is 0.456. The molecule has 3 nitrogen and oxygen atoms in total. The van der Waals surface area contributed by atoms with Gasteiger partial charge in [0.15, 0.2) is 0 Å². The normalized spacial score (nSPS) is 9.27. The number of hydrogen-bond acceptors (Lipinski definition) is 3. The molecule has 0 radical (unpaired) electrons. The highest BCUT2D eigenvalue weighted by molar-refractivity contribution is 5.42. The van der Waals surface area contributed by atoms with E-state index in [9.17, 15) is 4.79 Å². The van der Waals surface area contributed by atoms with E-state index >= 15 is 0 Å². The van der Waals surface area contributed by atoms with Crippen LogP contribution in [0.5, 0.6) is 0 Å². The number of hydrogen-bond donors (Lipinski definition) is 2. The summed E-state index contributed by atoms with van der Waals surface area (Å²) in [6.07, 6.45) is 0. The van der Waals surface area contributed by atoms with Crippen molar-refractivity contribution in [3.8, 4) is 0 Å². The highest BCUT2D eigenvalue weighted by atomic mass is 16.1. The molecule has 0 bridgehead atoms. The maximum atomic E-state index is 11.1. The van der Waals surface area contributed by atoms with Gasteiger partial charge in [-0.05, 0) is 24.6 Å². The van der Waals surface area contributed by atoms with Crippen molar-refractivity contribution >= 4 is 5.69 Å². The van der Waals surface area contributed by atoms with Crippen LogP contribution in [0.2, 0.25) is 0 Å². The molecule has 0 amide bonds. The minimum Gasteiger partial charge on any atom is -0.321 e. The van der Waals surface area contributed by atoms with E-state index in [1.54, 1.807) is 12.1 Å². The molecule has 0 atom stereocenters.